The molecular formula is C31H32ClF2NO7. The van der Waals surface area contributed by atoms with Gasteiger partial charge in [-0.2, -0.15) is 0 Å². The van der Waals surface area contributed by atoms with Gasteiger partial charge in [0.2, 0.25) is 0 Å². The number of benzene rings is 3. The molecule has 0 spiro atoms. The molecule has 11 heteroatoms. The van der Waals surface area contributed by atoms with E-state index in [1.54, 1.807) is 0 Å². The molecule has 3 aromatic carbocycles. The van der Waals surface area contributed by atoms with Crippen molar-refractivity contribution in [2.24, 2.45) is 0 Å². The van der Waals surface area contributed by atoms with Crippen molar-refractivity contribution >= 4 is 23.5 Å². The molecule has 224 valence electrons. The molecule has 0 bridgehead atoms. The molecule has 4 N–H and O–H groups in total. The molecule has 0 unspecified atom stereocenters. The number of hydrogen-bond acceptors (Lipinski definition) is 6. The molecule has 0 aliphatic carbocycles. The summed E-state index contributed by atoms with van der Waals surface area (Å²) in [6.07, 6.45) is 0.337. The van der Waals surface area contributed by atoms with Gasteiger partial charge >= 0.3 is 11.9 Å². The van der Waals surface area contributed by atoms with Crippen molar-refractivity contribution in [3.8, 4) is 5.75 Å². The molecule has 8 nitrogen and oxygen atoms in total. The van der Waals surface area contributed by atoms with E-state index >= 15 is 0 Å². The number of ether oxygens (including phenoxy) is 1. The zero-order valence-electron chi connectivity index (χ0n) is 22.6. The van der Waals surface area contributed by atoms with E-state index in [1.165, 1.54) is 24.3 Å². The van der Waals surface area contributed by atoms with Crippen molar-refractivity contribution < 1.29 is 43.5 Å². The van der Waals surface area contributed by atoms with Crippen LogP contribution < -0.4 is 4.74 Å². The Balaban J connectivity index is 0.000000416. The Labute approximate surface area is 247 Å². The van der Waals surface area contributed by atoms with Gasteiger partial charge in [0, 0.05) is 30.5 Å². The maximum atomic E-state index is 13.4. The summed E-state index contributed by atoms with van der Waals surface area (Å²) < 4.78 is 32.8. The van der Waals surface area contributed by atoms with Crippen LogP contribution in [0.15, 0.2) is 84.6 Å². The largest absolute Gasteiger partial charge is 0.479 e. The van der Waals surface area contributed by atoms with E-state index in [2.05, 4.69) is 11.0 Å². The van der Waals surface area contributed by atoms with Gasteiger partial charge in [-0.1, -0.05) is 41.9 Å². The number of carboxylic acid groups (broad SMARTS) is 2. The van der Waals surface area contributed by atoms with Crippen molar-refractivity contribution in [3.63, 3.8) is 0 Å². The molecule has 42 heavy (non-hydrogen) atoms. The lowest BCUT2D eigenvalue weighted by Gasteiger charge is -2.27. The summed E-state index contributed by atoms with van der Waals surface area (Å²) in [6, 6.07) is 20.7. The molecule has 0 fully saturated rings. The highest BCUT2D eigenvalue weighted by molar-refractivity contribution is 6.30. The third-order valence-corrected chi connectivity index (χ3v) is 6.85. The average molecular weight is 604 g/mol. The fourth-order valence-corrected chi connectivity index (χ4v) is 4.56. The Morgan fingerprint density at radius 3 is 1.88 bits per heavy atom. The van der Waals surface area contributed by atoms with Crippen LogP contribution in [0.3, 0.4) is 0 Å². The number of aliphatic hydroxyl groups is 2. The second kappa shape index (κ2) is 16.0. The van der Waals surface area contributed by atoms with Crippen LogP contribution in [0.4, 0.5) is 8.78 Å². The fraction of sp³-hybridized carbons (Fsp3) is 0.290. The number of halogens is 3. The number of aliphatic carboxylic acids is 2. The van der Waals surface area contributed by atoms with Gasteiger partial charge in [0.15, 0.2) is 12.2 Å². The molecule has 1 aliphatic heterocycles. The average Bonchev–Trinajstić information content (AvgIpc) is 2.97. The smallest absolute Gasteiger partial charge is 0.335 e. The van der Waals surface area contributed by atoms with Gasteiger partial charge in [-0.15, -0.1) is 0 Å². The van der Waals surface area contributed by atoms with Crippen molar-refractivity contribution in [1.82, 2.24) is 4.90 Å². The molecular weight excluding hydrogens is 572 g/mol. The number of hydrogen-bond donors (Lipinski definition) is 4. The van der Waals surface area contributed by atoms with Crippen LogP contribution in [0.1, 0.15) is 36.3 Å². The van der Waals surface area contributed by atoms with Gasteiger partial charge in [-0.05, 0) is 79.1 Å². The normalized spacial score (nSPS) is 14.8. The first kappa shape index (κ1) is 32.7. The Bertz CT molecular complexity index is 1290. The van der Waals surface area contributed by atoms with Gasteiger partial charge in [0.25, 0.3) is 0 Å². The minimum absolute atomic E-state index is 0.109. The predicted octanol–water partition coefficient (Wildman–Crippen LogP) is 5.08. The summed E-state index contributed by atoms with van der Waals surface area (Å²) in [7, 11) is 0. The first-order chi connectivity index (χ1) is 20.0. The van der Waals surface area contributed by atoms with Crippen LogP contribution in [-0.2, 0) is 9.59 Å². The van der Waals surface area contributed by atoms with Gasteiger partial charge in [-0.3, -0.25) is 4.90 Å². The minimum Gasteiger partial charge on any atom is -0.479 e. The van der Waals surface area contributed by atoms with Gasteiger partial charge in [0.05, 0.1) is 0 Å². The molecule has 0 radical (unpaired) electrons. The molecule has 0 amide bonds. The van der Waals surface area contributed by atoms with Crippen LogP contribution >= 0.6 is 11.6 Å². The second-order valence-corrected chi connectivity index (χ2v) is 10.1. The van der Waals surface area contributed by atoms with E-state index in [9.17, 15) is 18.4 Å². The highest BCUT2D eigenvalue weighted by Gasteiger charge is 2.29. The second-order valence-electron chi connectivity index (χ2n) is 9.64. The van der Waals surface area contributed by atoms with Crippen LogP contribution in [0.5, 0.6) is 5.75 Å². The van der Waals surface area contributed by atoms with E-state index in [-0.39, 0.29) is 17.6 Å². The standard InChI is InChI=1S/C27H26ClF2NO.C4H6O6/c28-22-3-1-4-26(19-22)32-25-14-17-31(18-15-25)16-2-5-27(20-6-10-23(29)11-7-20)21-8-12-24(30)13-9-21;5-1(3(7)8)2(6)4(9)10/h1,3-4,6-14,19,27H,2,5,15-18H2;1-2,5-6H,(H,7,8)(H,9,10)/t;1-,2-/m.1/s1. The topological polar surface area (TPSA) is 128 Å². The molecule has 1 heterocycles. The lowest BCUT2D eigenvalue weighted by Crippen LogP contribution is -2.39. The Morgan fingerprint density at radius 1 is 0.881 bits per heavy atom. The number of rotatable bonds is 11. The van der Waals surface area contributed by atoms with E-state index < -0.39 is 24.1 Å². The summed E-state index contributed by atoms with van der Waals surface area (Å²) in [4.78, 5) is 21.9. The van der Waals surface area contributed by atoms with Gasteiger partial charge in [-0.25, -0.2) is 18.4 Å². The summed E-state index contributed by atoms with van der Waals surface area (Å²) in [5.41, 5.74) is 2.10. The van der Waals surface area contributed by atoms with Crippen molar-refractivity contribution in [2.45, 2.75) is 37.4 Å². The molecule has 0 aromatic heterocycles. The first-order valence-corrected chi connectivity index (χ1v) is 13.6. The zero-order chi connectivity index (χ0) is 30.6. The van der Waals surface area contributed by atoms with Crippen LogP contribution in [-0.4, -0.2) is 69.1 Å². The highest BCUT2D eigenvalue weighted by Crippen LogP contribution is 2.30. The molecule has 2 atom stereocenters. The van der Waals surface area contributed by atoms with Gasteiger partial charge in [0.1, 0.15) is 23.1 Å². The summed E-state index contributed by atoms with van der Waals surface area (Å²) in [5, 5.41) is 33.2. The minimum atomic E-state index is -2.27. The third-order valence-electron chi connectivity index (χ3n) is 6.61. The lowest BCUT2D eigenvalue weighted by atomic mass is 9.87. The van der Waals surface area contributed by atoms with Crippen molar-refractivity contribution in [2.75, 3.05) is 19.6 Å². The van der Waals surface area contributed by atoms with Gasteiger partial charge < -0.3 is 25.2 Å². The highest BCUT2D eigenvalue weighted by atomic mass is 35.5. The first-order valence-electron chi connectivity index (χ1n) is 13.2. The molecule has 3 aromatic rings. The number of aliphatic hydroxyl groups excluding tert-OH is 2. The summed E-state index contributed by atoms with van der Waals surface area (Å²) in [5.74, 6) is -2.19. The van der Waals surface area contributed by atoms with Crippen LogP contribution in [0.2, 0.25) is 5.02 Å². The number of carboxylic acids is 2. The summed E-state index contributed by atoms with van der Waals surface area (Å²) >= 11 is 6.03. The maximum absolute atomic E-state index is 13.4. The Kier molecular flexibility index (Phi) is 12.4. The molecule has 0 saturated carbocycles. The van der Waals surface area contributed by atoms with E-state index in [4.69, 9.17) is 36.8 Å². The zero-order valence-corrected chi connectivity index (χ0v) is 23.3. The van der Waals surface area contributed by atoms with Crippen LogP contribution in [0.25, 0.3) is 0 Å². The predicted molar refractivity (Wildman–Crippen MR) is 152 cm³/mol. The number of nitrogens with zero attached hydrogens (tertiary/aromatic N) is 1. The van der Waals surface area contributed by atoms with Crippen molar-refractivity contribution in [3.05, 3.63) is 112 Å². The molecule has 0 saturated heterocycles. The number of carbonyl (C=O) groups is 2. The van der Waals surface area contributed by atoms with E-state index in [0.29, 0.717) is 5.02 Å². The quantitative estimate of drug-likeness (QED) is 0.239. The SMILES string of the molecule is Fc1ccc(C(CCCN2CC=C(Oc3cccc(Cl)c3)CC2)c2ccc(F)cc2)cc1.O=C(O)[C@H](O)[C@@H](O)C(=O)O. The molecule has 4 rings (SSSR count). The lowest BCUT2D eigenvalue weighted by molar-refractivity contribution is -0.165. The maximum Gasteiger partial charge on any atom is 0.335 e. The monoisotopic (exact) mass is 603 g/mol. The third kappa shape index (κ3) is 10.2. The Morgan fingerprint density at radius 2 is 1.43 bits per heavy atom. The van der Waals surface area contributed by atoms with E-state index in [1.807, 2.05) is 48.5 Å². The van der Waals surface area contributed by atoms with E-state index in [0.717, 1.165) is 61.5 Å². The van der Waals surface area contributed by atoms with Crippen molar-refractivity contribution in [1.29, 1.82) is 0 Å². The van der Waals surface area contributed by atoms with Crippen LogP contribution in [0, 0.1) is 11.6 Å². The Hall–Kier alpha value is -3.83. The fourth-order valence-electron chi connectivity index (χ4n) is 4.38. The molecule has 1 aliphatic rings. The summed E-state index contributed by atoms with van der Waals surface area (Å²) in [6.45, 7) is 2.73.